The number of thioether (sulfide) groups is 1. The summed E-state index contributed by atoms with van der Waals surface area (Å²) < 4.78 is 16.4. The van der Waals surface area contributed by atoms with E-state index >= 15 is 0 Å². The van der Waals surface area contributed by atoms with Crippen LogP contribution in [-0.2, 0) is 20.9 Å². The molecule has 2 aromatic rings. The van der Waals surface area contributed by atoms with Gasteiger partial charge in [-0.3, -0.25) is 9.78 Å². The number of amidine groups is 1. The summed E-state index contributed by atoms with van der Waals surface area (Å²) in [5.74, 6) is 0.450. The average molecular weight is 521 g/mol. The van der Waals surface area contributed by atoms with Gasteiger partial charge in [-0.05, 0) is 42.2 Å². The normalized spacial score (nSPS) is 16.4. The van der Waals surface area contributed by atoms with Crippen LogP contribution in [0.2, 0.25) is 0 Å². The van der Waals surface area contributed by atoms with Gasteiger partial charge in [0.1, 0.15) is 18.1 Å². The molecule has 0 aliphatic carbocycles. The second-order valence-electron chi connectivity index (χ2n) is 8.20. The Hall–Kier alpha value is -4.05. The third kappa shape index (κ3) is 5.86. The minimum absolute atomic E-state index is 0.0632. The Bertz CT molecular complexity index is 1270. The summed E-state index contributed by atoms with van der Waals surface area (Å²) in [6.45, 7) is 5.78. The van der Waals surface area contributed by atoms with Gasteiger partial charge in [-0.25, -0.2) is 9.79 Å². The number of methoxy groups -OCH3 is 2. The van der Waals surface area contributed by atoms with Gasteiger partial charge in [0.15, 0.2) is 5.17 Å². The molecule has 2 aliphatic rings. The molecule has 192 valence electrons. The van der Waals surface area contributed by atoms with Crippen molar-refractivity contribution in [3.05, 3.63) is 88.9 Å². The van der Waals surface area contributed by atoms with Gasteiger partial charge < -0.3 is 24.4 Å². The molecule has 1 unspecified atom stereocenters. The van der Waals surface area contributed by atoms with Crippen molar-refractivity contribution >= 4 is 28.8 Å². The molecular formula is C27H28N4O5S. The maximum absolute atomic E-state index is 13.2. The topological polar surface area (TPSA) is 102 Å². The number of nitrogens with zero attached hydrogens (tertiary/aromatic N) is 3. The van der Waals surface area contributed by atoms with E-state index in [-0.39, 0.29) is 18.9 Å². The summed E-state index contributed by atoms with van der Waals surface area (Å²) in [5.41, 5.74) is 3.10. The van der Waals surface area contributed by atoms with Gasteiger partial charge in [-0.1, -0.05) is 30.5 Å². The Balaban J connectivity index is 1.68. The Morgan fingerprint density at radius 3 is 2.59 bits per heavy atom. The van der Waals surface area contributed by atoms with Crippen molar-refractivity contribution in [1.29, 1.82) is 0 Å². The number of pyridine rings is 1. The molecule has 3 heterocycles. The van der Waals surface area contributed by atoms with Crippen molar-refractivity contribution < 1.29 is 23.8 Å². The van der Waals surface area contributed by atoms with Crippen LogP contribution in [0, 0.1) is 0 Å². The highest BCUT2D eigenvalue weighted by atomic mass is 32.2. The molecule has 1 N–H and O–H groups in total. The zero-order valence-electron chi connectivity index (χ0n) is 20.9. The van der Waals surface area contributed by atoms with Crippen LogP contribution in [0.4, 0.5) is 0 Å². The summed E-state index contributed by atoms with van der Waals surface area (Å²) in [7, 11) is 3.13. The molecule has 10 heteroatoms. The van der Waals surface area contributed by atoms with E-state index in [0.29, 0.717) is 40.2 Å². The maximum Gasteiger partial charge on any atom is 0.338 e. The number of aliphatic imine (C=N–C) groups is 1. The number of fused-ring (bicyclic) bond motifs is 1. The number of carbonyl (C=O) groups excluding carboxylic acids is 2. The van der Waals surface area contributed by atoms with Crippen LogP contribution in [-0.4, -0.2) is 47.8 Å². The first-order valence-corrected chi connectivity index (χ1v) is 12.4. The first-order chi connectivity index (χ1) is 17.9. The van der Waals surface area contributed by atoms with Crippen molar-refractivity contribution in [2.45, 2.75) is 25.9 Å². The van der Waals surface area contributed by atoms with Crippen molar-refractivity contribution in [2.75, 3.05) is 20.8 Å². The van der Waals surface area contributed by atoms with Gasteiger partial charge >= 0.3 is 5.97 Å². The zero-order valence-corrected chi connectivity index (χ0v) is 21.7. The first kappa shape index (κ1) is 26.0. The lowest BCUT2D eigenvalue weighted by Crippen LogP contribution is -2.38. The predicted octanol–water partition coefficient (Wildman–Crippen LogP) is 4.11. The number of allylic oxidation sites excluding steroid dienone is 1. The monoisotopic (exact) mass is 520 g/mol. The van der Waals surface area contributed by atoms with Crippen LogP contribution in [0.5, 0.6) is 11.5 Å². The Kier molecular flexibility index (Phi) is 8.29. The summed E-state index contributed by atoms with van der Waals surface area (Å²) in [6, 6.07) is 10.4. The SMILES string of the molecule is C=CCOC(=O)C1=C(C)N=C2SC=C(CC(=O)NCc3ccccn3)N2C1c1cc(OC)cc(OC)c1. The van der Waals surface area contributed by atoms with Gasteiger partial charge in [0.25, 0.3) is 0 Å². The van der Waals surface area contributed by atoms with E-state index in [1.165, 1.54) is 17.8 Å². The standard InChI is InChI=1S/C27H28N4O5S/c1-5-10-36-26(33)24-17(2)30-27-31(25(24)18-11-21(34-3)14-22(12-18)35-4)20(16-37-27)13-23(32)29-15-19-8-6-7-9-28-19/h5-9,11-12,14,16,25H,1,10,13,15H2,2-4H3,(H,29,32). The Morgan fingerprint density at radius 2 is 1.95 bits per heavy atom. The lowest BCUT2D eigenvalue weighted by Gasteiger charge is -2.36. The highest BCUT2D eigenvalue weighted by molar-refractivity contribution is 8.16. The molecule has 2 aliphatic heterocycles. The summed E-state index contributed by atoms with van der Waals surface area (Å²) in [4.78, 5) is 37.0. The number of rotatable bonds is 10. The number of esters is 1. The fraction of sp³-hybridized carbons (Fsp3) is 0.259. The van der Waals surface area contributed by atoms with E-state index in [9.17, 15) is 9.59 Å². The number of aromatic nitrogens is 1. The lowest BCUT2D eigenvalue weighted by molar-refractivity contribution is -0.138. The molecule has 0 fully saturated rings. The maximum atomic E-state index is 13.2. The van der Waals surface area contributed by atoms with Gasteiger partial charge in [-0.2, -0.15) is 0 Å². The van der Waals surface area contributed by atoms with Crippen molar-refractivity contribution in [1.82, 2.24) is 15.2 Å². The molecule has 1 aromatic heterocycles. The molecule has 9 nitrogen and oxygen atoms in total. The molecule has 0 saturated heterocycles. The summed E-state index contributed by atoms with van der Waals surface area (Å²) in [6.07, 6.45) is 3.28. The Labute approximate surface area is 219 Å². The summed E-state index contributed by atoms with van der Waals surface area (Å²) in [5, 5.41) is 5.46. The van der Waals surface area contributed by atoms with Crippen LogP contribution in [0.25, 0.3) is 0 Å². The van der Waals surface area contributed by atoms with Gasteiger partial charge in [-0.15, -0.1) is 0 Å². The molecule has 1 atom stereocenters. The highest BCUT2D eigenvalue weighted by Gasteiger charge is 2.41. The second-order valence-corrected chi connectivity index (χ2v) is 9.04. The van der Waals surface area contributed by atoms with Crippen LogP contribution >= 0.6 is 11.8 Å². The molecule has 0 spiro atoms. The van der Waals surface area contributed by atoms with Gasteiger partial charge in [0, 0.05) is 18.0 Å². The van der Waals surface area contributed by atoms with E-state index in [0.717, 1.165) is 11.3 Å². The quantitative estimate of drug-likeness (QED) is 0.369. The van der Waals surface area contributed by atoms with E-state index in [1.807, 2.05) is 40.6 Å². The van der Waals surface area contributed by atoms with E-state index in [2.05, 4.69) is 21.9 Å². The Morgan fingerprint density at radius 1 is 1.19 bits per heavy atom. The van der Waals surface area contributed by atoms with Crippen LogP contribution < -0.4 is 14.8 Å². The minimum Gasteiger partial charge on any atom is -0.497 e. The highest BCUT2D eigenvalue weighted by Crippen LogP contribution is 2.46. The van der Waals surface area contributed by atoms with Crippen LogP contribution in [0.15, 0.2) is 82.6 Å². The molecule has 4 rings (SSSR count). The minimum atomic E-state index is -0.612. The van der Waals surface area contributed by atoms with Crippen molar-refractivity contribution in [3.63, 3.8) is 0 Å². The molecular weight excluding hydrogens is 492 g/mol. The number of ether oxygens (including phenoxy) is 3. The second kappa shape index (κ2) is 11.8. The van der Waals surface area contributed by atoms with Crippen molar-refractivity contribution in [3.8, 4) is 11.5 Å². The van der Waals surface area contributed by atoms with Crippen molar-refractivity contribution in [2.24, 2.45) is 4.99 Å². The van der Waals surface area contributed by atoms with Gasteiger partial charge in [0.05, 0.1) is 50.2 Å². The van der Waals surface area contributed by atoms with E-state index in [4.69, 9.17) is 14.2 Å². The third-order valence-corrected chi connectivity index (χ3v) is 6.67. The predicted molar refractivity (Wildman–Crippen MR) is 142 cm³/mol. The fourth-order valence-corrected chi connectivity index (χ4v) is 5.03. The van der Waals surface area contributed by atoms with Crippen LogP contribution in [0.1, 0.15) is 30.6 Å². The number of amides is 1. The number of hydrogen-bond donors (Lipinski definition) is 1. The number of carbonyl (C=O) groups is 2. The number of hydrogen-bond acceptors (Lipinski definition) is 9. The van der Waals surface area contributed by atoms with E-state index in [1.54, 1.807) is 33.4 Å². The third-order valence-electron chi connectivity index (χ3n) is 5.78. The largest absolute Gasteiger partial charge is 0.497 e. The van der Waals surface area contributed by atoms with E-state index < -0.39 is 12.0 Å². The smallest absolute Gasteiger partial charge is 0.338 e. The molecule has 0 radical (unpaired) electrons. The molecule has 1 amide bonds. The zero-order chi connectivity index (χ0) is 26.4. The summed E-state index contributed by atoms with van der Waals surface area (Å²) >= 11 is 1.40. The fourth-order valence-electron chi connectivity index (χ4n) is 4.06. The molecule has 1 aromatic carbocycles. The number of nitrogens with one attached hydrogen (secondary N) is 1. The average Bonchev–Trinajstić information content (AvgIpc) is 3.31. The molecule has 0 bridgehead atoms. The molecule has 37 heavy (non-hydrogen) atoms. The van der Waals surface area contributed by atoms with Gasteiger partial charge in [0.2, 0.25) is 5.91 Å². The van der Waals surface area contributed by atoms with Crippen LogP contribution in [0.3, 0.4) is 0 Å². The lowest BCUT2D eigenvalue weighted by atomic mass is 9.93. The first-order valence-electron chi connectivity index (χ1n) is 11.6. The number of benzene rings is 1. The molecule has 0 saturated carbocycles.